The van der Waals surface area contributed by atoms with Gasteiger partial charge < -0.3 is 0 Å². The molecular formula is C15H20N2S2. The van der Waals surface area contributed by atoms with Crippen LogP contribution in [0.3, 0.4) is 0 Å². The molecule has 0 aromatic carbocycles. The zero-order valence-corrected chi connectivity index (χ0v) is 13.4. The summed E-state index contributed by atoms with van der Waals surface area (Å²) in [6.07, 6.45) is 1.20. The van der Waals surface area contributed by atoms with Crippen LogP contribution < -0.4 is 0 Å². The molecule has 1 aliphatic rings. The van der Waals surface area contributed by atoms with Crippen molar-refractivity contribution in [3.8, 4) is 0 Å². The third-order valence-corrected chi connectivity index (χ3v) is 5.42. The highest BCUT2D eigenvalue weighted by Gasteiger charge is 2.20. The first-order valence-electron chi connectivity index (χ1n) is 6.75. The summed E-state index contributed by atoms with van der Waals surface area (Å²) < 4.78 is 0. The highest BCUT2D eigenvalue weighted by Crippen LogP contribution is 2.27. The van der Waals surface area contributed by atoms with Crippen molar-refractivity contribution in [1.82, 2.24) is 9.88 Å². The van der Waals surface area contributed by atoms with E-state index in [0.717, 1.165) is 19.6 Å². The molecule has 0 N–H and O–H groups in total. The van der Waals surface area contributed by atoms with E-state index in [-0.39, 0.29) is 5.41 Å². The van der Waals surface area contributed by atoms with Gasteiger partial charge in [0.15, 0.2) is 0 Å². The Morgan fingerprint density at radius 2 is 2.16 bits per heavy atom. The number of fused-ring (bicyclic) bond motifs is 1. The lowest BCUT2D eigenvalue weighted by atomic mass is 9.93. The maximum Gasteiger partial charge on any atom is 0.107 e. The first-order chi connectivity index (χ1) is 9.02. The molecule has 4 heteroatoms. The topological polar surface area (TPSA) is 16.1 Å². The maximum atomic E-state index is 4.80. The normalized spacial score (nSPS) is 16.6. The molecule has 2 aromatic heterocycles. The van der Waals surface area contributed by atoms with E-state index in [1.807, 2.05) is 11.3 Å². The fourth-order valence-electron chi connectivity index (χ4n) is 2.36. The van der Waals surface area contributed by atoms with Gasteiger partial charge in [0.05, 0.1) is 12.2 Å². The van der Waals surface area contributed by atoms with Crippen molar-refractivity contribution < 1.29 is 0 Å². The van der Waals surface area contributed by atoms with E-state index in [0.29, 0.717) is 0 Å². The smallest absolute Gasteiger partial charge is 0.107 e. The Morgan fingerprint density at radius 3 is 2.89 bits per heavy atom. The first-order valence-corrected chi connectivity index (χ1v) is 8.51. The lowest BCUT2D eigenvalue weighted by Crippen LogP contribution is -2.29. The van der Waals surface area contributed by atoms with E-state index >= 15 is 0 Å². The number of thiophene rings is 1. The van der Waals surface area contributed by atoms with Gasteiger partial charge in [-0.2, -0.15) is 0 Å². The van der Waals surface area contributed by atoms with Gasteiger partial charge in [0.25, 0.3) is 0 Å². The quantitative estimate of drug-likeness (QED) is 0.830. The predicted molar refractivity (Wildman–Crippen MR) is 83.0 cm³/mol. The van der Waals surface area contributed by atoms with Crippen LogP contribution in [0.4, 0.5) is 0 Å². The van der Waals surface area contributed by atoms with Gasteiger partial charge in [-0.3, -0.25) is 4.90 Å². The average molecular weight is 292 g/mol. The lowest BCUT2D eigenvalue weighted by molar-refractivity contribution is 0.247. The Kier molecular flexibility index (Phi) is 3.50. The third-order valence-electron chi connectivity index (χ3n) is 3.57. The molecule has 0 unspecified atom stereocenters. The average Bonchev–Trinajstić information content (AvgIpc) is 2.95. The van der Waals surface area contributed by atoms with E-state index in [9.17, 15) is 0 Å². The van der Waals surface area contributed by atoms with Crippen LogP contribution in [0, 0.1) is 0 Å². The van der Waals surface area contributed by atoms with Gasteiger partial charge in [-0.25, -0.2) is 4.98 Å². The van der Waals surface area contributed by atoms with Crippen molar-refractivity contribution in [3.05, 3.63) is 38.0 Å². The number of aromatic nitrogens is 1. The molecule has 0 saturated carbocycles. The first kappa shape index (κ1) is 13.3. The SMILES string of the molecule is CC(C)(C)c1csc(CN2CCc3sccc3C2)n1. The molecule has 0 saturated heterocycles. The Hall–Kier alpha value is -0.710. The van der Waals surface area contributed by atoms with Crippen molar-refractivity contribution >= 4 is 22.7 Å². The highest BCUT2D eigenvalue weighted by molar-refractivity contribution is 7.10. The van der Waals surface area contributed by atoms with Crippen LogP contribution >= 0.6 is 22.7 Å². The van der Waals surface area contributed by atoms with Gasteiger partial charge in [0.1, 0.15) is 5.01 Å². The number of hydrogen-bond acceptors (Lipinski definition) is 4. The predicted octanol–water partition coefficient (Wildman–Crippen LogP) is 4.06. The van der Waals surface area contributed by atoms with Crippen molar-refractivity contribution in [2.24, 2.45) is 0 Å². The van der Waals surface area contributed by atoms with Gasteiger partial charge in [0, 0.05) is 28.8 Å². The van der Waals surface area contributed by atoms with Gasteiger partial charge >= 0.3 is 0 Å². The number of rotatable bonds is 2. The maximum absolute atomic E-state index is 4.80. The molecule has 2 aromatic rings. The summed E-state index contributed by atoms with van der Waals surface area (Å²) in [6.45, 7) is 9.93. The zero-order chi connectivity index (χ0) is 13.5. The third kappa shape index (κ3) is 2.91. The zero-order valence-electron chi connectivity index (χ0n) is 11.8. The van der Waals surface area contributed by atoms with Crippen LogP contribution in [0.1, 0.15) is 41.9 Å². The fourth-order valence-corrected chi connectivity index (χ4v) is 4.31. The molecule has 0 spiro atoms. The van der Waals surface area contributed by atoms with Crippen molar-refractivity contribution in [3.63, 3.8) is 0 Å². The lowest BCUT2D eigenvalue weighted by Gasteiger charge is -2.25. The Labute approximate surface area is 123 Å². The van der Waals surface area contributed by atoms with Crippen LogP contribution in [0.15, 0.2) is 16.8 Å². The van der Waals surface area contributed by atoms with E-state index in [1.54, 1.807) is 16.2 Å². The molecule has 0 radical (unpaired) electrons. The summed E-state index contributed by atoms with van der Waals surface area (Å²) >= 11 is 3.70. The molecule has 0 amide bonds. The second-order valence-corrected chi connectivity index (χ2v) is 8.15. The van der Waals surface area contributed by atoms with E-state index < -0.39 is 0 Å². The molecule has 0 fully saturated rings. The summed E-state index contributed by atoms with van der Waals surface area (Å²) in [4.78, 5) is 8.89. The van der Waals surface area contributed by atoms with E-state index in [2.05, 4.69) is 42.5 Å². The standard InChI is InChI=1S/C15H20N2S2/c1-15(2,3)13-10-19-14(16-13)9-17-6-4-12-11(8-17)5-7-18-12/h5,7,10H,4,6,8-9H2,1-3H3. The van der Waals surface area contributed by atoms with Crippen molar-refractivity contribution in [2.45, 2.75) is 45.7 Å². The molecule has 0 atom stereocenters. The molecule has 102 valence electrons. The minimum atomic E-state index is 0.164. The molecule has 19 heavy (non-hydrogen) atoms. The number of nitrogens with zero attached hydrogens (tertiary/aromatic N) is 2. The van der Waals surface area contributed by atoms with Gasteiger partial charge in [-0.15, -0.1) is 22.7 Å². The molecule has 3 heterocycles. The van der Waals surface area contributed by atoms with Gasteiger partial charge in [-0.1, -0.05) is 20.8 Å². The molecule has 2 nitrogen and oxygen atoms in total. The summed E-state index contributed by atoms with van der Waals surface area (Å²) in [5.74, 6) is 0. The molecular weight excluding hydrogens is 272 g/mol. The summed E-state index contributed by atoms with van der Waals surface area (Å²) in [6, 6.07) is 2.27. The van der Waals surface area contributed by atoms with Crippen LogP contribution in [0.25, 0.3) is 0 Å². The van der Waals surface area contributed by atoms with Crippen LogP contribution in [0.2, 0.25) is 0 Å². The molecule has 1 aliphatic heterocycles. The van der Waals surface area contributed by atoms with Crippen LogP contribution in [-0.2, 0) is 24.9 Å². The Balaban J connectivity index is 1.68. The highest BCUT2D eigenvalue weighted by atomic mass is 32.1. The second-order valence-electron chi connectivity index (χ2n) is 6.21. The number of thiazole rings is 1. The Morgan fingerprint density at radius 1 is 1.32 bits per heavy atom. The molecule has 0 aliphatic carbocycles. The monoisotopic (exact) mass is 292 g/mol. The Bertz CT molecular complexity index is 563. The van der Waals surface area contributed by atoms with E-state index in [1.165, 1.54) is 22.7 Å². The fraction of sp³-hybridized carbons (Fsp3) is 0.533. The molecule has 0 bridgehead atoms. The minimum absolute atomic E-state index is 0.164. The van der Waals surface area contributed by atoms with Crippen molar-refractivity contribution in [2.75, 3.05) is 6.54 Å². The second kappa shape index (κ2) is 5.00. The van der Waals surface area contributed by atoms with E-state index in [4.69, 9.17) is 4.98 Å². The van der Waals surface area contributed by atoms with Crippen LogP contribution in [0.5, 0.6) is 0 Å². The largest absolute Gasteiger partial charge is 0.292 e. The van der Waals surface area contributed by atoms with Crippen LogP contribution in [-0.4, -0.2) is 16.4 Å². The molecule has 3 rings (SSSR count). The summed E-state index contributed by atoms with van der Waals surface area (Å²) in [5.41, 5.74) is 2.90. The number of hydrogen-bond donors (Lipinski definition) is 0. The summed E-state index contributed by atoms with van der Waals surface area (Å²) in [7, 11) is 0. The van der Waals surface area contributed by atoms with Gasteiger partial charge in [0.2, 0.25) is 0 Å². The minimum Gasteiger partial charge on any atom is -0.292 e. The van der Waals surface area contributed by atoms with Gasteiger partial charge in [-0.05, 0) is 23.4 Å². The van der Waals surface area contributed by atoms with Crippen molar-refractivity contribution in [1.29, 1.82) is 0 Å². The summed E-state index contributed by atoms with van der Waals surface area (Å²) in [5, 5.41) is 5.69.